The zero-order chi connectivity index (χ0) is 19.1. The number of carbonyl (C=O) groups excluding carboxylic acids is 2. The lowest BCUT2D eigenvalue weighted by Crippen LogP contribution is -2.34. The van der Waals surface area contributed by atoms with E-state index in [-0.39, 0.29) is 17.4 Å². The highest BCUT2D eigenvalue weighted by Gasteiger charge is 2.16. The topological polar surface area (TPSA) is 71.3 Å². The van der Waals surface area contributed by atoms with Gasteiger partial charge in [-0.05, 0) is 41.5 Å². The number of carbonyl (C=O) groups is 2. The van der Waals surface area contributed by atoms with Crippen LogP contribution in [0.5, 0.6) is 0 Å². The Morgan fingerprint density at radius 3 is 2.37 bits per heavy atom. The van der Waals surface area contributed by atoms with E-state index in [0.29, 0.717) is 6.54 Å². The fourth-order valence-electron chi connectivity index (χ4n) is 2.35. The molecule has 136 valence electrons. The monoisotopic (exact) mass is 424 g/mol. The van der Waals surface area contributed by atoms with Gasteiger partial charge < -0.3 is 15.1 Å². The van der Waals surface area contributed by atoms with Crippen molar-refractivity contribution in [3.63, 3.8) is 0 Å². The first-order valence-electron chi connectivity index (χ1n) is 8.26. The van der Waals surface area contributed by atoms with E-state index in [2.05, 4.69) is 26.6 Å². The molecule has 0 saturated heterocycles. The van der Waals surface area contributed by atoms with Gasteiger partial charge in [-0.1, -0.05) is 58.4 Å². The number of hydrogen-bond acceptors (Lipinski definition) is 3. The summed E-state index contributed by atoms with van der Waals surface area (Å²) in [5.41, 5.74) is 1.88. The predicted molar refractivity (Wildman–Crippen MR) is 107 cm³/mol. The van der Waals surface area contributed by atoms with E-state index < -0.39 is 5.91 Å². The molecule has 0 aliphatic heterocycles. The quantitative estimate of drug-likeness (QED) is 0.584. The summed E-state index contributed by atoms with van der Waals surface area (Å²) in [4.78, 5) is 25.0. The second-order valence-electron chi connectivity index (χ2n) is 5.71. The predicted octanol–water partition coefficient (Wildman–Crippen LogP) is 4.13. The van der Waals surface area contributed by atoms with E-state index in [4.69, 9.17) is 4.42 Å². The average Bonchev–Trinajstić information content (AvgIpc) is 3.23. The van der Waals surface area contributed by atoms with Crippen LogP contribution in [0.3, 0.4) is 0 Å². The fourth-order valence-corrected chi connectivity index (χ4v) is 2.61. The van der Waals surface area contributed by atoms with Crippen molar-refractivity contribution in [1.29, 1.82) is 0 Å². The Morgan fingerprint density at radius 2 is 1.70 bits per heavy atom. The minimum atomic E-state index is -0.488. The normalized spacial score (nSPS) is 11.1. The molecule has 0 aliphatic carbocycles. The average molecular weight is 425 g/mol. The van der Waals surface area contributed by atoms with Crippen LogP contribution in [-0.4, -0.2) is 11.8 Å². The zero-order valence-electron chi connectivity index (χ0n) is 14.3. The smallest absolute Gasteiger partial charge is 0.291 e. The third-order valence-electron chi connectivity index (χ3n) is 3.71. The van der Waals surface area contributed by atoms with E-state index in [0.717, 1.165) is 15.6 Å². The highest BCUT2D eigenvalue weighted by molar-refractivity contribution is 9.10. The summed E-state index contributed by atoms with van der Waals surface area (Å²) in [7, 11) is 0. The SMILES string of the molecule is O=C(NCc1ccccc1)/C(=C/c1ccc(Br)cc1)NC(=O)c1ccco1. The summed E-state index contributed by atoms with van der Waals surface area (Å²) >= 11 is 3.38. The lowest BCUT2D eigenvalue weighted by Gasteiger charge is -2.10. The molecule has 2 amide bonds. The molecule has 0 fully saturated rings. The first-order valence-corrected chi connectivity index (χ1v) is 9.05. The standard InChI is InChI=1S/C21H17BrN2O3/c22-17-10-8-15(9-11-17)13-18(24-21(26)19-7-4-12-27-19)20(25)23-14-16-5-2-1-3-6-16/h1-13H,14H2,(H,23,25)(H,24,26)/b18-13-. The molecular weight excluding hydrogens is 408 g/mol. The maximum Gasteiger partial charge on any atom is 0.291 e. The van der Waals surface area contributed by atoms with E-state index in [1.165, 1.54) is 12.3 Å². The third-order valence-corrected chi connectivity index (χ3v) is 4.24. The molecule has 0 bridgehead atoms. The van der Waals surface area contributed by atoms with Crippen molar-refractivity contribution in [2.24, 2.45) is 0 Å². The number of rotatable bonds is 6. The molecule has 0 spiro atoms. The van der Waals surface area contributed by atoms with Crippen LogP contribution < -0.4 is 10.6 Å². The van der Waals surface area contributed by atoms with Crippen LogP contribution in [0.15, 0.2) is 87.6 Å². The lowest BCUT2D eigenvalue weighted by molar-refractivity contribution is -0.117. The van der Waals surface area contributed by atoms with Crippen LogP contribution >= 0.6 is 15.9 Å². The largest absolute Gasteiger partial charge is 0.459 e. The van der Waals surface area contributed by atoms with Gasteiger partial charge in [0.25, 0.3) is 11.8 Å². The van der Waals surface area contributed by atoms with Gasteiger partial charge in [-0.2, -0.15) is 0 Å². The fraction of sp³-hybridized carbons (Fsp3) is 0.0476. The number of hydrogen-bond donors (Lipinski definition) is 2. The van der Waals surface area contributed by atoms with Crippen molar-refractivity contribution < 1.29 is 14.0 Å². The lowest BCUT2D eigenvalue weighted by atomic mass is 10.1. The molecule has 2 aromatic carbocycles. The van der Waals surface area contributed by atoms with E-state index in [9.17, 15) is 9.59 Å². The molecule has 0 atom stereocenters. The van der Waals surface area contributed by atoms with Gasteiger partial charge in [0.2, 0.25) is 0 Å². The third kappa shape index (κ3) is 5.43. The molecule has 3 aromatic rings. The van der Waals surface area contributed by atoms with Gasteiger partial charge in [0, 0.05) is 11.0 Å². The summed E-state index contributed by atoms with van der Waals surface area (Å²) in [6.07, 6.45) is 3.02. The molecule has 0 unspecified atom stereocenters. The Hall–Kier alpha value is -3.12. The van der Waals surface area contributed by atoms with Gasteiger partial charge >= 0.3 is 0 Å². The number of halogens is 1. The molecule has 6 heteroatoms. The van der Waals surface area contributed by atoms with Crippen molar-refractivity contribution >= 4 is 33.8 Å². The minimum absolute atomic E-state index is 0.132. The van der Waals surface area contributed by atoms with Crippen LogP contribution in [0.2, 0.25) is 0 Å². The van der Waals surface area contributed by atoms with Crippen LogP contribution in [-0.2, 0) is 11.3 Å². The summed E-state index contributed by atoms with van der Waals surface area (Å²) in [5, 5.41) is 5.44. The summed E-state index contributed by atoms with van der Waals surface area (Å²) in [6, 6.07) is 20.1. The van der Waals surface area contributed by atoms with Crippen molar-refractivity contribution in [3.05, 3.63) is 100 Å². The first kappa shape index (κ1) is 18.7. The van der Waals surface area contributed by atoms with Gasteiger partial charge in [-0.15, -0.1) is 0 Å². The molecule has 2 N–H and O–H groups in total. The summed E-state index contributed by atoms with van der Waals surface area (Å²) in [6.45, 7) is 0.355. The van der Waals surface area contributed by atoms with Crippen LogP contribution in [0.1, 0.15) is 21.7 Å². The molecule has 0 radical (unpaired) electrons. The number of amides is 2. The second-order valence-corrected chi connectivity index (χ2v) is 6.62. The maximum atomic E-state index is 12.7. The molecule has 5 nitrogen and oxygen atoms in total. The van der Waals surface area contributed by atoms with Gasteiger partial charge in [0.1, 0.15) is 5.70 Å². The Kier molecular flexibility index (Phi) is 6.22. The zero-order valence-corrected chi connectivity index (χ0v) is 15.9. The highest BCUT2D eigenvalue weighted by atomic mass is 79.9. The molecule has 0 aliphatic rings. The Balaban J connectivity index is 1.78. The molecule has 3 rings (SSSR count). The van der Waals surface area contributed by atoms with Gasteiger partial charge in [0.05, 0.1) is 6.26 Å². The molecule has 0 saturated carbocycles. The Labute approximate surface area is 165 Å². The van der Waals surface area contributed by atoms with Crippen LogP contribution in [0.4, 0.5) is 0 Å². The minimum Gasteiger partial charge on any atom is -0.459 e. The van der Waals surface area contributed by atoms with E-state index in [1.54, 1.807) is 12.1 Å². The van der Waals surface area contributed by atoms with Crippen LogP contribution in [0, 0.1) is 0 Å². The first-order chi connectivity index (χ1) is 13.1. The summed E-state index contributed by atoms with van der Waals surface area (Å²) in [5.74, 6) is -0.743. The number of nitrogens with one attached hydrogen (secondary N) is 2. The summed E-state index contributed by atoms with van der Waals surface area (Å²) < 4.78 is 6.02. The van der Waals surface area contributed by atoms with Gasteiger partial charge in [-0.3, -0.25) is 9.59 Å². The Morgan fingerprint density at radius 1 is 0.963 bits per heavy atom. The van der Waals surface area contributed by atoms with E-state index in [1.807, 2.05) is 54.6 Å². The number of furan rings is 1. The van der Waals surface area contributed by atoms with Crippen LogP contribution in [0.25, 0.3) is 6.08 Å². The molecule has 27 heavy (non-hydrogen) atoms. The number of benzene rings is 2. The van der Waals surface area contributed by atoms with Crippen molar-refractivity contribution in [2.75, 3.05) is 0 Å². The van der Waals surface area contributed by atoms with Gasteiger partial charge in [-0.25, -0.2) is 0 Å². The van der Waals surface area contributed by atoms with E-state index >= 15 is 0 Å². The highest BCUT2D eigenvalue weighted by Crippen LogP contribution is 2.13. The van der Waals surface area contributed by atoms with Crippen molar-refractivity contribution in [2.45, 2.75) is 6.54 Å². The molecular formula is C21H17BrN2O3. The van der Waals surface area contributed by atoms with Crippen molar-refractivity contribution in [1.82, 2.24) is 10.6 Å². The van der Waals surface area contributed by atoms with Crippen molar-refractivity contribution in [3.8, 4) is 0 Å². The Bertz CT molecular complexity index is 933. The molecule has 1 heterocycles. The van der Waals surface area contributed by atoms with Gasteiger partial charge in [0.15, 0.2) is 5.76 Å². The maximum absolute atomic E-state index is 12.7. The molecule has 1 aromatic heterocycles. The second kappa shape index (κ2) is 9.00.